The molecule has 0 saturated carbocycles. The molecule has 102 valence electrons. The number of methoxy groups -OCH3 is 1. The second-order valence-corrected chi connectivity index (χ2v) is 4.75. The Morgan fingerprint density at radius 2 is 1.95 bits per heavy atom. The fraction of sp³-hybridized carbons (Fsp3) is 0.375. The standard InChI is InChI=1S/C16H21NO2/c1-3-11(10-17)16(18)15-13-7-5-4-6-12(13)8-9-14(15)19-2/h4-9,11,16,18H,3,10,17H2,1-2H3. The molecule has 0 aliphatic rings. The van der Waals surface area contributed by atoms with E-state index in [4.69, 9.17) is 10.5 Å². The van der Waals surface area contributed by atoms with Gasteiger partial charge in [-0.05, 0) is 29.8 Å². The van der Waals surface area contributed by atoms with Crippen LogP contribution in [0.2, 0.25) is 0 Å². The molecule has 0 heterocycles. The average Bonchev–Trinajstić information content (AvgIpc) is 2.47. The maximum Gasteiger partial charge on any atom is 0.125 e. The van der Waals surface area contributed by atoms with Gasteiger partial charge in [0.25, 0.3) is 0 Å². The summed E-state index contributed by atoms with van der Waals surface area (Å²) in [6.45, 7) is 2.50. The van der Waals surface area contributed by atoms with Crippen molar-refractivity contribution in [3.63, 3.8) is 0 Å². The van der Waals surface area contributed by atoms with Gasteiger partial charge in [0.15, 0.2) is 0 Å². The fourth-order valence-electron chi connectivity index (χ4n) is 2.51. The quantitative estimate of drug-likeness (QED) is 0.868. The molecule has 0 aliphatic carbocycles. The van der Waals surface area contributed by atoms with Gasteiger partial charge in [0.05, 0.1) is 13.2 Å². The second kappa shape index (κ2) is 6.04. The van der Waals surface area contributed by atoms with E-state index < -0.39 is 6.10 Å². The molecule has 2 aromatic carbocycles. The van der Waals surface area contributed by atoms with Crippen molar-refractivity contribution in [3.05, 3.63) is 42.0 Å². The lowest BCUT2D eigenvalue weighted by Gasteiger charge is -2.23. The maximum atomic E-state index is 10.6. The molecule has 0 radical (unpaired) electrons. The number of rotatable bonds is 5. The van der Waals surface area contributed by atoms with Gasteiger partial charge in [0, 0.05) is 11.5 Å². The third-order valence-electron chi connectivity index (χ3n) is 3.72. The molecule has 2 aromatic rings. The summed E-state index contributed by atoms with van der Waals surface area (Å²) in [5.74, 6) is 0.762. The van der Waals surface area contributed by atoms with Crippen molar-refractivity contribution in [2.45, 2.75) is 19.4 Å². The van der Waals surface area contributed by atoms with E-state index in [0.29, 0.717) is 6.54 Å². The third kappa shape index (κ3) is 2.57. The minimum absolute atomic E-state index is 0.0414. The summed E-state index contributed by atoms with van der Waals surface area (Å²) in [6.07, 6.45) is 0.236. The van der Waals surface area contributed by atoms with Gasteiger partial charge >= 0.3 is 0 Å². The normalized spacial score (nSPS) is 14.3. The first-order valence-electron chi connectivity index (χ1n) is 6.66. The van der Waals surface area contributed by atoms with Gasteiger partial charge < -0.3 is 15.6 Å². The van der Waals surface area contributed by atoms with Gasteiger partial charge in [0.2, 0.25) is 0 Å². The number of benzene rings is 2. The Bertz CT molecular complexity index is 549. The number of aliphatic hydroxyl groups excluding tert-OH is 1. The molecule has 0 saturated heterocycles. The maximum absolute atomic E-state index is 10.6. The number of hydrogen-bond acceptors (Lipinski definition) is 3. The zero-order valence-corrected chi connectivity index (χ0v) is 11.5. The predicted molar refractivity (Wildman–Crippen MR) is 78.3 cm³/mol. The van der Waals surface area contributed by atoms with E-state index in [0.717, 1.165) is 28.5 Å². The monoisotopic (exact) mass is 259 g/mol. The third-order valence-corrected chi connectivity index (χ3v) is 3.72. The Labute approximate surface area is 114 Å². The number of aliphatic hydroxyl groups is 1. The van der Waals surface area contributed by atoms with E-state index in [-0.39, 0.29) is 5.92 Å². The van der Waals surface area contributed by atoms with E-state index >= 15 is 0 Å². The van der Waals surface area contributed by atoms with Crippen LogP contribution in [0, 0.1) is 5.92 Å². The van der Waals surface area contributed by atoms with E-state index in [1.54, 1.807) is 7.11 Å². The first kappa shape index (κ1) is 13.8. The van der Waals surface area contributed by atoms with Crippen molar-refractivity contribution >= 4 is 10.8 Å². The topological polar surface area (TPSA) is 55.5 Å². The molecule has 3 heteroatoms. The van der Waals surface area contributed by atoms with Crippen molar-refractivity contribution in [3.8, 4) is 5.75 Å². The van der Waals surface area contributed by atoms with Crippen LogP contribution in [0.5, 0.6) is 5.75 Å². The van der Waals surface area contributed by atoms with Crippen LogP contribution >= 0.6 is 0 Å². The highest BCUT2D eigenvalue weighted by Gasteiger charge is 2.23. The van der Waals surface area contributed by atoms with Gasteiger partial charge in [-0.25, -0.2) is 0 Å². The molecule has 0 bridgehead atoms. The van der Waals surface area contributed by atoms with E-state index in [1.807, 2.05) is 43.3 Å². The number of fused-ring (bicyclic) bond motifs is 1. The lowest BCUT2D eigenvalue weighted by Crippen LogP contribution is -2.21. The van der Waals surface area contributed by atoms with Crippen LogP contribution in [0.25, 0.3) is 10.8 Å². The second-order valence-electron chi connectivity index (χ2n) is 4.75. The summed E-state index contributed by atoms with van der Waals surface area (Å²) in [7, 11) is 1.63. The highest BCUT2D eigenvalue weighted by Crippen LogP contribution is 2.36. The summed E-state index contributed by atoms with van der Waals surface area (Å²) in [5, 5.41) is 12.8. The molecular weight excluding hydrogens is 238 g/mol. The van der Waals surface area contributed by atoms with Crippen molar-refractivity contribution < 1.29 is 9.84 Å². The molecule has 2 rings (SSSR count). The van der Waals surface area contributed by atoms with Crippen LogP contribution in [0.15, 0.2) is 36.4 Å². The molecule has 3 nitrogen and oxygen atoms in total. The molecular formula is C16H21NO2. The van der Waals surface area contributed by atoms with Crippen LogP contribution in [0.3, 0.4) is 0 Å². The smallest absolute Gasteiger partial charge is 0.125 e. The van der Waals surface area contributed by atoms with E-state index in [2.05, 4.69) is 0 Å². The van der Waals surface area contributed by atoms with Crippen molar-refractivity contribution in [1.29, 1.82) is 0 Å². The van der Waals surface area contributed by atoms with Crippen LogP contribution in [-0.4, -0.2) is 18.8 Å². The Hall–Kier alpha value is -1.58. The van der Waals surface area contributed by atoms with Gasteiger partial charge in [-0.1, -0.05) is 37.3 Å². The molecule has 2 unspecified atom stereocenters. The highest BCUT2D eigenvalue weighted by molar-refractivity contribution is 5.88. The molecule has 0 spiro atoms. The Morgan fingerprint density at radius 3 is 2.58 bits per heavy atom. The van der Waals surface area contributed by atoms with Gasteiger partial charge in [-0.15, -0.1) is 0 Å². The molecule has 0 amide bonds. The molecule has 0 aromatic heterocycles. The zero-order valence-electron chi connectivity index (χ0n) is 11.5. The number of hydrogen-bond donors (Lipinski definition) is 2. The van der Waals surface area contributed by atoms with Gasteiger partial charge in [-0.2, -0.15) is 0 Å². The molecule has 19 heavy (non-hydrogen) atoms. The molecule has 0 aliphatic heterocycles. The Balaban J connectivity index is 2.61. The SMILES string of the molecule is CCC(CN)C(O)c1c(OC)ccc2ccccc12. The van der Waals surface area contributed by atoms with Crippen LogP contribution < -0.4 is 10.5 Å². The summed E-state index contributed by atoms with van der Waals surface area (Å²) in [6, 6.07) is 11.9. The van der Waals surface area contributed by atoms with Crippen LogP contribution in [0.4, 0.5) is 0 Å². The summed E-state index contributed by atoms with van der Waals surface area (Å²) < 4.78 is 5.41. The van der Waals surface area contributed by atoms with Gasteiger partial charge in [0.1, 0.15) is 5.75 Å². The lowest BCUT2D eigenvalue weighted by molar-refractivity contribution is 0.108. The zero-order chi connectivity index (χ0) is 13.8. The Kier molecular flexibility index (Phi) is 4.40. The predicted octanol–water partition coefficient (Wildman–Crippen LogP) is 2.87. The largest absolute Gasteiger partial charge is 0.496 e. The summed E-state index contributed by atoms with van der Waals surface area (Å²) in [5.41, 5.74) is 6.60. The van der Waals surface area contributed by atoms with Crippen LogP contribution in [0.1, 0.15) is 25.0 Å². The molecule has 0 fully saturated rings. The molecule has 2 atom stereocenters. The van der Waals surface area contributed by atoms with Crippen molar-refractivity contribution in [2.75, 3.05) is 13.7 Å². The molecule has 3 N–H and O–H groups in total. The minimum Gasteiger partial charge on any atom is -0.496 e. The summed E-state index contributed by atoms with van der Waals surface area (Å²) >= 11 is 0. The first-order chi connectivity index (χ1) is 9.22. The highest BCUT2D eigenvalue weighted by atomic mass is 16.5. The van der Waals surface area contributed by atoms with E-state index in [9.17, 15) is 5.11 Å². The van der Waals surface area contributed by atoms with Gasteiger partial charge in [-0.3, -0.25) is 0 Å². The number of ether oxygens (including phenoxy) is 1. The Morgan fingerprint density at radius 1 is 1.21 bits per heavy atom. The summed E-state index contributed by atoms with van der Waals surface area (Å²) in [4.78, 5) is 0. The van der Waals surface area contributed by atoms with Crippen LogP contribution in [-0.2, 0) is 0 Å². The lowest BCUT2D eigenvalue weighted by atomic mass is 9.89. The van der Waals surface area contributed by atoms with E-state index in [1.165, 1.54) is 0 Å². The van der Waals surface area contributed by atoms with Crippen molar-refractivity contribution in [2.24, 2.45) is 11.7 Å². The fourth-order valence-corrected chi connectivity index (χ4v) is 2.51. The number of nitrogens with two attached hydrogens (primary N) is 1. The van der Waals surface area contributed by atoms with Crippen molar-refractivity contribution in [1.82, 2.24) is 0 Å². The average molecular weight is 259 g/mol. The minimum atomic E-state index is -0.601. The first-order valence-corrected chi connectivity index (χ1v) is 6.66.